The summed E-state index contributed by atoms with van der Waals surface area (Å²) < 4.78 is 13.8. The Kier molecular flexibility index (Phi) is 6.62. The molecule has 0 aliphatic rings. The first-order chi connectivity index (χ1) is 7.96. The average Bonchev–Trinajstić information content (AvgIpc) is 2.35. The summed E-state index contributed by atoms with van der Waals surface area (Å²) in [7, 11) is 2.40. The van der Waals surface area contributed by atoms with Gasteiger partial charge in [0, 0.05) is 12.5 Å². The van der Waals surface area contributed by atoms with Gasteiger partial charge in [-0.2, -0.15) is 0 Å². The molecule has 0 rings (SSSR count). The molecule has 0 bridgehead atoms. The van der Waals surface area contributed by atoms with Gasteiger partial charge in [-0.25, -0.2) is 9.59 Å². The summed E-state index contributed by atoms with van der Waals surface area (Å²) in [5, 5.41) is 0. The van der Waals surface area contributed by atoms with Gasteiger partial charge in [-0.05, 0) is 0 Å². The Hall–Kier alpha value is -1.85. The van der Waals surface area contributed by atoms with Crippen LogP contribution in [-0.2, 0) is 28.6 Å². The number of hydrogen-bond acceptors (Lipinski definition) is 6. The first-order valence-electron chi connectivity index (χ1n) is 4.95. The Balaban J connectivity index is 4.59. The molecule has 0 aromatic rings. The van der Waals surface area contributed by atoms with Crippen molar-refractivity contribution in [3.63, 3.8) is 0 Å². The average molecular weight is 244 g/mol. The van der Waals surface area contributed by atoms with Crippen LogP contribution in [0.5, 0.6) is 0 Å². The number of ether oxygens (including phenoxy) is 3. The molecule has 17 heavy (non-hydrogen) atoms. The highest BCUT2D eigenvalue weighted by atomic mass is 16.6. The molecular weight excluding hydrogens is 228 g/mol. The lowest BCUT2D eigenvalue weighted by molar-refractivity contribution is -0.165. The second kappa shape index (κ2) is 7.43. The van der Waals surface area contributed by atoms with Crippen LogP contribution in [0, 0.1) is 5.92 Å². The van der Waals surface area contributed by atoms with Crippen molar-refractivity contribution in [3.8, 4) is 0 Å². The van der Waals surface area contributed by atoms with Crippen molar-refractivity contribution in [1.82, 2.24) is 0 Å². The normalized spacial score (nSPS) is 13.1. The molecule has 0 aromatic heterocycles. The van der Waals surface area contributed by atoms with E-state index in [0.29, 0.717) is 0 Å². The zero-order chi connectivity index (χ0) is 13.4. The van der Waals surface area contributed by atoms with Gasteiger partial charge in [0.2, 0.25) is 0 Å². The van der Waals surface area contributed by atoms with Gasteiger partial charge in [0.1, 0.15) is 0 Å². The van der Waals surface area contributed by atoms with Crippen LogP contribution < -0.4 is 0 Å². The third kappa shape index (κ3) is 5.14. The van der Waals surface area contributed by atoms with Crippen molar-refractivity contribution < 1.29 is 28.6 Å². The summed E-state index contributed by atoms with van der Waals surface area (Å²) >= 11 is 0. The molecular formula is C11H16O6. The lowest BCUT2D eigenvalue weighted by atomic mass is 10.0. The van der Waals surface area contributed by atoms with Crippen LogP contribution in [0.4, 0.5) is 0 Å². The largest absolute Gasteiger partial charge is 0.469 e. The molecule has 0 aliphatic carbocycles. The molecule has 0 N–H and O–H groups in total. The lowest BCUT2D eigenvalue weighted by Crippen LogP contribution is -2.31. The van der Waals surface area contributed by atoms with E-state index in [1.807, 2.05) is 0 Å². The van der Waals surface area contributed by atoms with Crippen LogP contribution in [-0.4, -0.2) is 38.2 Å². The molecule has 0 fully saturated rings. The number of carbonyl (C=O) groups is 3. The van der Waals surface area contributed by atoms with E-state index in [1.165, 1.54) is 14.2 Å². The Bertz CT molecular complexity index is 309. The van der Waals surface area contributed by atoms with E-state index < -0.39 is 29.9 Å². The predicted octanol–water partition coefficient (Wildman–Crippen LogP) is 0.456. The number of methoxy groups -OCH3 is 2. The van der Waals surface area contributed by atoms with Crippen LogP contribution in [0.25, 0.3) is 0 Å². The maximum Gasteiger partial charge on any atom is 0.347 e. The quantitative estimate of drug-likeness (QED) is 0.383. The van der Waals surface area contributed by atoms with Crippen molar-refractivity contribution in [3.05, 3.63) is 12.7 Å². The minimum absolute atomic E-state index is 0.00106. The van der Waals surface area contributed by atoms with E-state index in [1.54, 1.807) is 6.92 Å². The van der Waals surface area contributed by atoms with Gasteiger partial charge in [-0.1, -0.05) is 13.5 Å². The maximum absolute atomic E-state index is 11.3. The molecule has 0 heterocycles. The van der Waals surface area contributed by atoms with Crippen LogP contribution in [0.2, 0.25) is 0 Å². The minimum atomic E-state index is -1.14. The Morgan fingerprint density at radius 2 is 1.71 bits per heavy atom. The second-order valence-electron chi connectivity index (χ2n) is 3.31. The molecule has 2 unspecified atom stereocenters. The van der Waals surface area contributed by atoms with Crippen LogP contribution in [0.3, 0.4) is 0 Å². The summed E-state index contributed by atoms with van der Waals surface area (Å²) in [6.07, 6.45) is -0.211. The standard InChI is InChI=1S/C11H16O6/c1-5-9(12)17-8(11(14)16-4)6-7(2)10(13)15-3/h5,7-8H,1,6H2,2-4H3. The van der Waals surface area contributed by atoms with Gasteiger partial charge in [0.05, 0.1) is 20.1 Å². The number of carbonyl (C=O) groups excluding carboxylic acids is 3. The topological polar surface area (TPSA) is 78.9 Å². The zero-order valence-corrected chi connectivity index (χ0v) is 10.1. The van der Waals surface area contributed by atoms with E-state index in [9.17, 15) is 14.4 Å². The fraction of sp³-hybridized carbons (Fsp3) is 0.545. The first-order valence-corrected chi connectivity index (χ1v) is 4.95. The van der Waals surface area contributed by atoms with E-state index >= 15 is 0 Å². The van der Waals surface area contributed by atoms with Crippen molar-refractivity contribution in [1.29, 1.82) is 0 Å². The molecule has 96 valence electrons. The summed E-state index contributed by atoms with van der Waals surface area (Å²) in [6.45, 7) is 4.77. The first kappa shape index (κ1) is 15.2. The summed E-state index contributed by atoms with van der Waals surface area (Å²) in [6, 6.07) is 0. The van der Waals surface area contributed by atoms with Crippen LogP contribution in [0.1, 0.15) is 13.3 Å². The van der Waals surface area contributed by atoms with Gasteiger partial charge < -0.3 is 14.2 Å². The number of rotatable bonds is 6. The molecule has 0 amide bonds. The fourth-order valence-corrected chi connectivity index (χ4v) is 1.13. The van der Waals surface area contributed by atoms with Gasteiger partial charge in [-0.3, -0.25) is 4.79 Å². The number of esters is 3. The smallest absolute Gasteiger partial charge is 0.347 e. The fourth-order valence-electron chi connectivity index (χ4n) is 1.13. The molecule has 0 saturated carbocycles. The number of hydrogen-bond donors (Lipinski definition) is 0. The molecule has 0 spiro atoms. The monoisotopic (exact) mass is 244 g/mol. The van der Waals surface area contributed by atoms with Crippen molar-refractivity contribution in [2.24, 2.45) is 5.92 Å². The van der Waals surface area contributed by atoms with Gasteiger partial charge in [0.25, 0.3) is 0 Å². The van der Waals surface area contributed by atoms with E-state index in [-0.39, 0.29) is 6.42 Å². The van der Waals surface area contributed by atoms with E-state index in [4.69, 9.17) is 4.74 Å². The van der Waals surface area contributed by atoms with Gasteiger partial charge in [-0.15, -0.1) is 0 Å². The Morgan fingerprint density at radius 1 is 1.18 bits per heavy atom. The predicted molar refractivity (Wildman–Crippen MR) is 57.9 cm³/mol. The Morgan fingerprint density at radius 3 is 2.12 bits per heavy atom. The molecule has 0 aliphatic heterocycles. The molecule has 0 saturated heterocycles. The van der Waals surface area contributed by atoms with Crippen molar-refractivity contribution in [2.75, 3.05) is 14.2 Å². The zero-order valence-electron chi connectivity index (χ0n) is 10.1. The van der Waals surface area contributed by atoms with E-state index in [2.05, 4.69) is 16.1 Å². The molecule has 0 aromatic carbocycles. The molecule has 6 nitrogen and oxygen atoms in total. The molecule has 6 heteroatoms. The summed E-state index contributed by atoms with van der Waals surface area (Å²) in [5.74, 6) is -2.55. The summed E-state index contributed by atoms with van der Waals surface area (Å²) in [5.41, 5.74) is 0. The molecule has 2 atom stereocenters. The van der Waals surface area contributed by atoms with E-state index in [0.717, 1.165) is 6.08 Å². The highest BCUT2D eigenvalue weighted by Gasteiger charge is 2.28. The van der Waals surface area contributed by atoms with Crippen molar-refractivity contribution >= 4 is 17.9 Å². The highest BCUT2D eigenvalue weighted by Crippen LogP contribution is 2.12. The van der Waals surface area contributed by atoms with Crippen LogP contribution >= 0.6 is 0 Å². The maximum atomic E-state index is 11.3. The SMILES string of the molecule is C=CC(=O)OC(CC(C)C(=O)OC)C(=O)OC. The van der Waals surface area contributed by atoms with Gasteiger partial charge in [0.15, 0.2) is 6.10 Å². The molecule has 0 radical (unpaired) electrons. The third-order valence-electron chi connectivity index (χ3n) is 2.06. The van der Waals surface area contributed by atoms with Crippen molar-refractivity contribution in [2.45, 2.75) is 19.4 Å². The van der Waals surface area contributed by atoms with Crippen LogP contribution in [0.15, 0.2) is 12.7 Å². The lowest BCUT2D eigenvalue weighted by Gasteiger charge is -2.17. The van der Waals surface area contributed by atoms with Gasteiger partial charge >= 0.3 is 17.9 Å². The third-order valence-corrected chi connectivity index (χ3v) is 2.06. The second-order valence-corrected chi connectivity index (χ2v) is 3.31. The highest BCUT2D eigenvalue weighted by molar-refractivity contribution is 5.85. The Labute approximate surface area is 99.5 Å². The summed E-state index contributed by atoms with van der Waals surface area (Å²) in [4.78, 5) is 33.5. The minimum Gasteiger partial charge on any atom is -0.469 e.